The Bertz CT molecular complexity index is 396. The zero-order chi connectivity index (χ0) is 12.6. The van der Waals surface area contributed by atoms with Gasteiger partial charge in [0.25, 0.3) is 0 Å². The van der Waals surface area contributed by atoms with Crippen LogP contribution in [0.2, 0.25) is 0 Å². The van der Waals surface area contributed by atoms with Crippen molar-refractivity contribution in [2.45, 2.75) is 32.5 Å². The molecule has 0 aliphatic carbocycles. The van der Waals surface area contributed by atoms with E-state index in [0.29, 0.717) is 19.5 Å². The van der Waals surface area contributed by atoms with Crippen molar-refractivity contribution < 1.29 is 17.9 Å². The maximum absolute atomic E-state index is 12.2. The summed E-state index contributed by atoms with van der Waals surface area (Å²) in [5.41, 5.74) is 0. The number of carbonyl (C=O) groups excluding carboxylic acids is 1. The molecular formula is C11H19NO4S. The molecule has 2 aliphatic heterocycles. The third-order valence-electron chi connectivity index (χ3n) is 3.31. The Labute approximate surface area is 102 Å². The lowest BCUT2D eigenvalue weighted by molar-refractivity contribution is -0.146. The molecule has 0 saturated carbocycles. The van der Waals surface area contributed by atoms with Gasteiger partial charge in [-0.1, -0.05) is 0 Å². The smallest absolute Gasteiger partial charge is 0.226 e. The van der Waals surface area contributed by atoms with E-state index < -0.39 is 9.84 Å². The van der Waals surface area contributed by atoms with Crippen molar-refractivity contribution >= 4 is 15.7 Å². The maximum atomic E-state index is 12.2. The highest BCUT2D eigenvalue weighted by atomic mass is 32.2. The van der Waals surface area contributed by atoms with Gasteiger partial charge in [0.15, 0.2) is 9.84 Å². The average molecular weight is 261 g/mol. The monoisotopic (exact) mass is 261 g/mol. The Kier molecular flexibility index (Phi) is 3.45. The van der Waals surface area contributed by atoms with Gasteiger partial charge in [0.2, 0.25) is 5.91 Å². The first-order valence-corrected chi connectivity index (χ1v) is 7.84. The van der Waals surface area contributed by atoms with Crippen LogP contribution >= 0.6 is 0 Å². The van der Waals surface area contributed by atoms with Crippen LogP contribution in [-0.4, -0.2) is 56.0 Å². The number of rotatable bonds is 1. The average Bonchev–Trinajstić information content (AvgIpc) is 2.56. The maximum Gasteiger partial charge on any atom is 0.226 e. The van der Waals surface area contributed by atoms with E-state index in [9.17, 15) is 13.2 Å². The van der Waals surface area contributed by atoms with Gasteiger partial charge in [0, 0.05) is 13.1 Å². The molecule has 0 radical (unpaired) electrons. The van der Waals surface area contributed by atoms with Gasteiger partial charge in [0.05, 0.1) is 29.6 Å². The molecule has 0 unspecified atom stereocenters. The Morgan fingerprint density at radius 2 is 1.82 bits per heavy atom. The van der Waals surface area contributed by atoms with Gasteiger partial charge in [-0.25, -0.2) is 8.42 Å². The summed E-state index contributed by atoms with van der Waals surface area (Å²) in [6, 6.07) is 0. The second-order valence-electron chi connectivity index (χ2n) is 5.10. The van der Waals surface area contributed by atoms with Gasteiger partial charge in [-0.15, -0.1) is 0 Å². The normalized spacial score (nSPS) is 37.1. The van der Waals surface area contributed by atoms with Gasteiger partial charge < -0.3 is 9.64 Å². The standard InChI is InChI=1S/C11H19NO4S/c1-8-5-12(6-9(2)16-8)11(13)10-3-4-17(14,15)7-10/h8-10H,3-7H2,1-2H3/t8-,9-,10+/m1/s1. The molecule has 0 bridgehead atoms. The number of morpholine rings is 1. The highest BCUT2D eigenvalue weighted by Gasteiger charge is 2.37. The molecule has 2 rings (SSSR count). The van der Waals surface area contributed by atoms with Crippen molar-refractivity contribution in [1.29, 1.82) is 0 Å². The van der Waals surface area contributed by atoms with Gasteiger partial charge in [0.1, 0.15) is 0 Å². The molecule has 2 heterocycles. The van der Waals surface area contributed by atoms with Crippen LogP contribution in [0, 0.1) is 5.92 Å². The lowest BCUT2D eigenvalue weighted by atomic mass is 10.1. The van der Waals surface area contributed by atoms with Crippen LogP contribution in [0.1, 0.15) is 20.3 Å². The highest BCUT2D eigenvalue weighted by molar-refractivity contribution is 7.91. The fourth-order valence-electron chi connectivity index (χ4n) is 2.61. The van der Waals surface area contributed by atoms with E-state index in [0.717, 1.165) is 0 Å². The fourth-order valence-corrected chi connectivity index (χ4v) is 4.34. The molecule has 6 heteroatoms. The molecule has 17 heavy (non-hydrogen) atoms. The SMILES string of the molecule is C[C@@H]1CN(C(=O)[C@H]2CCS(=O)(=O)C2)C[C@@H](C)O1. The van der Waals surface area contributed by atoms with E-state index in [2.05, 4.69) is 0 Å². The number of hydrogen-bond acceptors (Lipinski definition) is 4. The lowest BCUT2D eigenvalue weighted by Gasteiger charge is -2.36. The summed E-state index contributed by atoms with van der Waals surface area (Å²) in [7, 11) is -2.98. The van der Waals surface area contributed by atoms with Crippen LogP contribution in [0.4, 0.5) is 0 Å². The van der Waals surface area contributed by atoms with Crippen molar-refractivity contribution in [3.8, 4) is 0 Å². The van der Waals surface area contributed by atoms with Gasteiger partial charge in [-0.3, -0.25) is 4.79 Å². The van der Waals surface area contributed by atoms with E-state index in [1.165, 1.54) is 0 Å². The molecule has 2 saturated heterocycles. The number of amides is 1. The summed E-state index contributed by atoms with van der Waals surface area (Å²) in [6.45, 7) is 5.00. The molecule has 0 aromatic heterocycles. The minimum absolute atomic E-state index is 0.0198. The van der Waals surface area contributed by atoms with Crippen LogP contribution < -0.4 is 0 Å². The second-order valence-corrected chi connectivity index (χ2v) is 7.33. The molecule has 5 nitrogen and oxygen atoms in total. The Balaban J connectivity index is 2.00. The lowest BCUT2D eigenvalue weighted by Crippen LogP contribution is -2.50. The molecule has 1 amide bonds. The largest absolute Gasteiger partial charge is 0.372 e. The Morgan fingerprint density at radius 3 is 2.29 bits per heavy atom. The minimum Gasteiger partial charge on any atom is -0.372 e. The first-order valence-electron chi connectivity index (χ1n) is 6.02. The molecule has 2 fully saturated rings. The molecule has 0 N–H and O–H groups in total. The van der Waals surface area contributed by atoms with Gasteiger partial charge in [-0.05, 0) is 20.3 Å². The third-order valence-corrected chi connectivity index (χ3v) is 5.08. The summed E-state index contributed by atoms with van der Waals surface area (Å²) >= 11 is 0. The van der Waals surface area contributed by atoms with Crippen molar-refractivity contribution in [2.24, 2.45) is 5.92 Å². The summed E-state index contributed by atoms with van der Waals surface area (Å²) in [6.07, 6.45) is 0.530. The van der Waals surface area contributed by atoms with Crippen molar-refractivity contribution in [3.05, 3.63) is 0 Å². The number of sulfone groups is 1. The molecular weight excluding hydrogens is 242 g/mol. The number of carbonyl (C=O) groups is 1. The van der Waals surface area contributed by atoms with Crippen molar-refractivity contribution in [2.75, 3.05) is 24.6 Å². The fraction of sp³-hybridized carbons (Fsp3) is 0.909. The number of hydrogen-bond donors (Lipinski definition) is 0. The van der Waals surface area contributed by atoms with Gasteiger partial charge in [-0.2, -0.15) is 0 Å². The van der Waals surface area contributed by atoms with Crippen LogP contribution in [-0.2, 0) is 19.4 Å². The first kappa shape index (κ1) is 12.8. The topological polar surface area (TPSA) is 63.7 Å². The number of nitrogens with zero attached hydrogens (tertiary/aromatic N) is 1. The Morgan fingerprint density at radius 1 is 1.24 bits per heavy atom. The molecule has 0 spiro atoms. The predicted octanol–water partition coefficient (Wildman–Crippen LogP) is 0.0569. The molecule has 3 atom stereocenters. The molecule has 98 valence electrons. The second kappa shape index (κ2) is 4.57. The van der Waals surface area contributed by atoms with E-state index >= 15 is 0 Å². The van der Waals surface area contributed by atoms with E-state index in [1.807, 2.05) is 13.8 Å². The number of ether oxygens (including phenoxy) is 1. The highest BCUT2D eigenvalue weighted by Crippen LogP contribution is 2.22. The first-order chi connectivity index (χ1) is 7.87. The zero-order valence-corrected chi connectivity index (χ0v) is 11.1. The van der Waals surface area contributed by atoms with Crippen LogP contribution in [0.5, 0.6) is 0 Å². The predicted molar refractivity (Wildman–Crippen MR) is 63.3 cm³/mol. The molecule has 2 aliphatic rings. The molecule has 0 aromatic rings. The molecule has 0 aromatic carbocycles. The Hall–Kier alpha value is -0.620. The van der Waals surface area contributed by atoms with E-state index in [1.54, 1.807) is 4.90 Å². The van der Waals surface area contributed by atoms with E-state index in [4.69, 9.17) is 4.74 Å². The zero-order valence-electron chi connectivity index (χ0n) is 10.3. The summed E-state index contributed by atoms with van der Waals surface area (Å²) in [5.74, 6) is -0.185. The van der Waals surface area contributed by atoms with Crippen LogP contribution in [0.25, 0.3) is 0 Å². The third kappa shape index (κ3) is 2.98. The minimum atomic E-state index is -2.98. The van der Waals surface area contributed by atoms with Gasteiger partial charge >= 0.3 is 0 Å². The quantitative estimate of drug-likeness (QED) is 0.669. The van der Waals surface area contributed by atoms with Crippen LogP contribution in [0.15, 0.2) is 0 Å². The van der Waals surface area contributed by atoms with Crippen LogP contribution in [0.3, 0.4) is 0 Å². The van der Waals surface area contributed by atoms with Crippen molar-refractivity contribution in [1.82, 2.24) is 4.90 Å². The summed E-state index contributed by atoms with van der Waals surface area (Å²) in [4.78, 5) is 13.9. The van der Waals surface area contributed by atoms with Crippen molar-refractivity contribution in [3.63, 3.8) is 0 Å². The van der Waals surface area contributed by atoms with E-state index in [-0.39, 0.29) is 35.5 Å². The summed E-state index contributed by atoms with van der Waals surface area (Å²) < 4.78 is 28.3. The summed E-state index contributed by atoms with van der Waals surface area (Å²) in [5, 5.41) is 0.